The average molecular weight is 519 g/mol. The summed E-state index contributed by atoms with van der Waals surface area (Å²) in [6.07, 6.45) is 11.9. The minimum Gasteiger partial charge on any atom is -0.494 e. The van der Waals surface area contributed by atoms with Gasteiger partial charge >= 0.3 is 5.97 Å². The van der Waals surface area contributed by atoms with Gasteiger partial charge in [-0.3, -0.25) is 9.79 Å². The van der Waals surface area contributed by atoms with Crippen molar-refractivity contribution in [1.82, 2.24) is 4.73 Å². The quantitative estimate of drug-likeness (QED) is 0.244. The molecule has 1 aromatic carbocycles. The van der Waals surface area contributed by atoms with Crippen LogP contribution in [0.1, 0.15) is 64.0 Å². The van der Waals surface area contributed by atoms with E-state index in [9.17, 15) is 10.0 Å². The van der Waals surface area contributed by atoms with Crippen molar-refractivity contribution >= 4 is 12.0 Å². The van der Waals surface area contributed by atoms with Gasteiger partial charge in [0.15, 0.2) is 5.49 Å². The zero-order valence-corrected chi connectivity index (χ0v) is 22.7. The summed E-state index contributed by atoms with van der Waals surface area (Å²) in [5.74, 6) is 1.63. The minimum absolute atomic E-state index is 0.0477. The Bertz CT molecular complexity index is 1290. The molecule has 1 aromatic heterocycles. The molecule has 0 spiro atoms. The highest BCUT2D eigenvalue weighted by molar-refractivity contribution is 5.72. The van der Waals surface area contributed by atoms with Gasteiger partial charge < -0.3 is 19.4 Å². The molecule has 1 unspecified atom stereocenters. The molecular formula is C31H38N2O5. The number of esters is 1. The first-order chi connectivity index (χ1) is 18.3. The van der Waals surface area contributed by atoms with E-state index in [1.165, 1.54) is 17.3 Å². The van der Waals surface area contributed by atoms with Gasteiger partial charge in [0.2, 0.25) is 0 Å². The first-order valence-corrected chi connectivity index (χ1v) is 13.4. The zero-order chi connectivity index (χ0) is 27.1. The minimum atomic E-state index is -0.154. The molecule has 4 rings (SSSR count). The Morgan fingerprint density at radius 1 is 1.13 bits per heavy atom. The molecule has 202 valence electrons. The summed E-state index contributed by atoms with van der Waals surface area (Å²) < 4.78 is 18.2. The van der Waals surface area contributed by atoms with Gasteiger partial charge in [0.1, 0.15) is 11.5 Å². The number of allylic oxidation sites excluding steroid dienone is 4. The third kappa shape index (κ3) is 7.40. The average Bonchev–Trinajstić information content (AvgIpc) is 3.01. The number of benzene rings is 1. The van der Waals surface area contributed by atoms with Crippen molar-refractivity contribution in [3.63, 3.8) is 0 Å². The summed E-state index contributed by atoms with van der Waals surface area (Å²) in [5.41, 5.74) is 3.95. The number of hydrogen-bond acceptors (Lipinski definition) is 6. The van der Waals surface area contributed by atoms with E-state index in [2.05, 4.69) is 35.4 Å². The van der Waals surface area contributed by atoms with E-state index in [-0.39, 0.29) is 30.0 Å². The Labute approximate surface area is 224 Å². The van der Waals surface area contributed by atoms with Gasteiger partial charge in [-0.15, -0.1) is 0 Å². The van der Waals surface area contributed by atoms with Crippen LogP contribution in [0.2, 0.25) is 0 Å². The number of fused-ring (bicyclic) bond motifs is 2. The van der Waals surface area contributed by atoms with Gasteiger partial charge in [-0.2, -0.15) is 4.73 Å². The maximum absolute atomic E-state index is 12.5. The van der Waals surface area contributed by atoms with Gasteiger partial charge in [-0.25, -0.2) is 0 Å². The largest absolute Gasteiger partial charge is 0.494 e. The van der Waals surface area contributed by atoms with Crippen molar-refractivity contribution in [3.05, 3.63) is 88.8 Å². The molecular weight excluding hydrogens is 480 g/mol. The predicted octanol–water partition coefficient (Wildman–Crippen LogP) is 5.80. The lowest BCUT2D eigenvalue weighted by Crippen LogP contribution is -2.19. The molecule has 0 amide bonds. The van der Waals surface area contributed by atoms with Crippen LogP contribution >= 0.6 is 0 Å². The molecule has 2 aromatic rings. The Hall–Kier alpha value is -3.74. The van der Waals surface area contributed by atoms with Crippen LogP contribution < -0.4 is 10.2 Å². The van der Waals surface area contributed by atoms with Gasteiger partial charge in [0.05, 0.1) is 25.2 Å². The SMILES string of the molecule is CC(C)OC(=O)CC1C[C@H]2C=CC(OCCCN=c3cc(OC(C)C)ccn3O)=CC2=Cc2ccccc21. The highest BCUT2D eigenvalue weighted by Gasteiger charge is 2.28. The fraction of sp³-hybridized carbons (Fsp3) is 0.419. The lowest BCUT2D eigenvalue weighted by molar-refractivity contribution is -0.147. The van der Waals surface area contributed by atoms with Crippen molar-refractivity contribution < 1.29 is 24.2 Å². The third-order valence-corrected chi connectivity index (χ3v) is 6.41. The van der Waals surface area contributed by atoms with E-state index in [1.54, 1.807) is 12.1 Å². The number of aromatic nitrogens is 1. The van der Waals surface area contributed by atoms with Crippen molar-refractivity contribution in [2.24, 2.45) is 10.9 Å². The van der Waals surface area contributed by atoms with Crippen molar-refractivity contribution in [2.45, 2.75) is 65.1 Å². The topological polar surface area (TPSA) is 82.3 Å². The number of carbonyl (C=O) groups is 1. The summed E-state index contributed by atoms with van der Waals surface area (Å²) in [4.78, 5) is 17.0. The lowest BCUT2D eigenvalue weighted by atomic mass is 9.83. The van der Waals surface area contributed by atoms with E-state index in [1.807, 2.05) is 45.9 Å². The molecule has 1 heterocycles. The zero-order valence-electron chi connectivity index (χ0n) is 22.7. The Morgan fingerprint density at radius 2 is 1.95 bits per heavy atom. The van der Waals surface area contributed by atoms with Crippen LogP contribution in [0.25, 0.3) is 6.08 Å². The molecule has 1 N–H and O–H groups in total. The van der Waals surface area contributed by atoms with E-state index in [0.717, 1.165) is 22.5 Å². The maximum atomic E-state index is 12.5. The fourth-order valence-electron chi connectivity index (χ4n) is 4.80. The molecule has 7 heteroatoms. The molecule has 2 aliphatic carbocycles. The normalized spacial score (nSPS) is 18.8. The molecule has 0 aliphatic heterocycles. The van der Waals surface area contributed by atoms with E-state index >= 15 is 0 Å². The number of carbonyl (C=O) groups excluding carboxylic acids is 1. The molecule has 0 bridgehead atoms. The molecule has 0 fully saturated rings. The fourth-order valence-corrected chi connectivity index (χ4v) is 4.80. The summed E-state index contributed by atoms with van der Waals surface area (Å²) in [6.45, 7) is 8.69. The van der Waals surface area contributed by atoms with E-state index in [4.69, 9.17) is 14.2 Å². The maximum Gasteiger partial charge on any atom is 0.306 e. The van der Waals surface area contributed by atoms with Gasteiger partial charge in [0.25, 0.3) is 0 Å². The van der Waals surface area contributed by atoms with Crippen LogP contribution in [0.15, 0.2) is 77.1 Å². The number of rotatable bonds is 10. The Kier molecular flexibility index (Phi) is 9.10. The second kappa shape index (κ2) is 12.7. The summed E-state index contributed by atoms with van der Waals surface area (Å²) in [6, 6.07) is 11.7. The molecule has 38 heavy (non-hydrogen) atoms. The van der Waals surface area contributed by atoms with Crippen molar-refractivity contribution in [2.75, 3.05) is 13.2 Å². The number of nitrogens with zero attached hydrogens (tertiary/aromatic N) is 2. The van der Waals surface area contributed by atoms with Crippen LogP contribution in [0.5, 0.6) is 5.75 Å². The van der Waals surface area contributed by atoms with Crippen LogP contribution in [-0.4, -0.2) is 41.3 Å². The second-order valence-electron chi connectivity index (χ2n) is 10.3. The molecule has 2 atom stereocenters. The molecule has 7 nitrogen and oxygen atoms in total. The summed E-state index contributed by atoms with van der Waals surface area (Å²) >= 11 is 0. The van der Waals surface area contributed by atoms with Crippen molar-refractivity contribution in [1.29, 1.82) is 0 Å². The highest BCUT2D eigenvalue weighted by atomic mass is 16.5. The molecule has 0 radical (unpaired) electrons. The number of hydrogen-bond donors (Lipinski definition) is 1. The second-order valence-corrected chi connectivity index (χ2v) is 10.3. The van der Waals surface area contributed by atoms with Crippen LogP contribution in [0.4, 0.5) is 0 Å². The first kappa shape index (κ1) is 27.3. The highest BCUT2D eigenvalue weighted by Crippen LogP contribution is 2.40. The standard InChI is InChI=1S/C31H38N2O5/c1-21(2)37-28-12-14-33(35)30(20-28)32-13-7-15-36-27-11-10-23-16-26(19-31(34)38-22(3)4)29-9-6-5-8-24(29)17-25(23)18-27/h5-6,8-12,14,17-18,20-23,26,35H,7,13,15-16,19H2,1-4H3/t23-,26?/m1/s1. The summed E-state index contributed by atoms with van der Waals surface area (Å²) in [7, 11) is 0. The van der Waals surface area contributed by atoms with Gasteiger partial charge in [-0.05, 0) is 68.9 Å². The number of ether oxygens (including phenoxy) is 3. The van der Waals surface area contributed by atoms with Crippen LogP contribution in [0, 0.1) is 5.92 Å². The first-order valence-electron chi connectivity index (χ1n) is 13.4. The van der Waals surface area contributed by atoms with E-state index < -0.39 is 0 Å². The lowest BCUT2D eigenvalue weighted by Gasteiger charge is -2.23. The van der Waals surface area contributed by atoms with E-state index in [0.29, 0.717) is 37.2 Å². The van der Waals surface area contributed by atoms with Gasteiger partial charge in [0, 0.05) is 37.2 Å². The van der Waals surface area contributed by atoms with Crippen molar-refractivity contribution in [3.8, 4) is 5.75 Å². The Balaban J connectivity index is 1.38. The Morgan fingerprint density at radius 3 is 2.74 bits per heavy atom. The number of pyridine rings is 1. The summed E-state index contributed by atoms with van der Waals surface area (Å²) in [5, 5.41) is 10.0. The van der Waals surface area contributed by atoms with Crippen LogP contribution in [0.3, 0.4) is 0 Å². The third-order valence-electron chi connectivity index (χ3n) is 6.41. The monoisotopic (exact) mass is 518 g/mol. The molecule has 0 saturated carbocycles. The molecule has 2 aliphatic rings. The molecule has 0 saturated heterocycles. The van der Waals surface area contributed by atoms with Crippen LogP contribution in [-0.2, 0) is 14.3 Å². The predicted molar refractivity (Wildman–Crippen MR) is 147 cm³/mol. The van der Waals surface area contributed by atoms with Gasteiger partial charge in [-0.1, -0.05) is 36.4 Å². The smallest absolute Gasteiger partial charge is 0.306 e.